The summed E-state index contributed by atoms with van der Waals surface area (Å²) in [6.45, 7) is 9.02. The maximum atomic E-state index is 12.8. The third-order valence-electron chi connectivity index (χ3n) is 5.82. The standard InChI is InChI=1S/C18H30N4O4S.CH2O2/c1-4-26-6-5-19-18(25)15-10(2)16(23)17(24)13-8-22(7-12(13)15)9-14-21-20-11(3)27-14;2-1-3/h10,12-13,15-17,23-24H,4-9H2,1-3H3,(H,19,25);1H,(H,2,3)/t10-,12+,13+,15+,16+,17+;/m1./s1. The van der Waals surface area contributed by atoms with Crippen molar-refractivity contribution in [1.82, 2.24) is 20.4 Å². The van der Waals surface area contributed by atoms with Crippen LogP contribution < -0.4 is 5.32 Å². The van der Waals surface area contributed by atoms with Crippen LogP contribution in [0, 0.1) is 30.6 Å². The maximum absolute atomic E-state index is 12.8. The van der Waals surface area contributed by atoms with Crippen LogP contribution in [0.15, 0.2) is 0 Å². The number of aliphatic hydroxyl groups excluding tert-OH is 2. The van der Waals surface area contributed by atoms with Gasteiger partial charge >= 0.3 is 0 Å². The second-order valence-electron chi connectivity index (χ2n) is 7.70. The normalized spacial score (nSPS) is 30.8. The van der Waals surface area contributed by atoms with Crippen LogP contribution in [0.5, 0.6) is 0 Å². The van der Waals surface area contributed by atoms with Gasteiger partial charge in [-0.25, -0.2) is 0 Å². The summed E-state index contributed by atoms with van der Waals surface area (Å²) in [6.07, 6.45) is -1.70. The Morgan fingerprint density at radius 3 is 2.57 bits per heavy atom. The van der Waals surface area contributed by atoms with E-state index in [0.717, 1.165) is 10.0 Å². The lowest BCUT2D eigenvalue weighted by Gasteiger charge is -2.43. The Labute approximate surface area is 180 Å². The monoisotopic (exact) mass is 444 g/mol. The lowest BCUT2D eigenvalue weighted by Crippen LogP contribution is -2.55. The Hall–Kier alpha value is -1.66. The Bertz CT molecular complexity index is 690. The van der Waals surface area contributed by atoms with Crippen LogP contribution >= 0.6 is 11.3 Å². The highest BCUT2D eigenvalue weighted by Crippen LogP contribution is 2.44. The molecule has 1 aromatic heterocycles. The number of aliphatic hydroxyl groups is 2. The van der Waals surface area contributed by atoms with Crippen molar-refractivity contribution in [2.45, 2.75) is 39.5 Å². The van der Waals surface area contributed by atoms with Crippen LogP contribution in [-0.2, 0) is 20.9 Å². The summed E-state index contributed by atoms with van der Waals surface area (Å²) in [5, 5.41) is 41.0. The number of amides is 1. The fourth-order valence-corrected chi connectivity index (χ4v) is 5.26. The topological polar surface area (TPSA) is 145 Å². The van der Waals surface area contributed by atoms with Crippen molar-refractivity contribution < 1.29 is 29.6 Å². The molecule has 4 N–H and O–H groups in total. The zero-order chi connectivity index (χ0) is 22.3. The molecule has 1 aliphatic carbocycles. The molecule has 30 heavy (non-hydrogen) atoms. The summed E-state index contributed by atoms with van der Waals surface area (Å²) < 4.78 is 5.28. The summed E-state index contributed by atoms with van der Waals surface area (Å²) in [7, 11) is 0. The maximum Gasteiger partial charge on any atom is 0.290 e. The van der Waals surface area contributed by atoms with E-state index in [0.29, 0.717) is 39.4 Å². The molecule has 1 amide bonds. The quantitative estimate of drug-likeness (QED) is 0.330. The van der Waals surface area contributed by atoms with Gasteiger partial charge in [0, 0.05) is 38.1 Å². The molecule has 0 spiro atoms. The third-order valence-corrected chi connectivity index (χ3v) is 6.65. The highest BCUT2D eigenvalue weighted by atomic mass is 32.1. The minimum Gasteiger partial charge on any atom is -0.483 e. The Morgan fingerprint density at radius 1 is 1.30 bits per heavy atom. The Balaban J connectivity index is 0.00000101. The number of rotatable bonds is 7. The van der Waals surface area contributed by atoms with Crippen molar-refractivity contribution in [3.63, 3.8) is 0 Å². The number of aryl methyl sites for hydroxylation is 1. The third kappa shape index (κ3) is 5.94. The molecule has 11 heteroatoms. The average Bonchev–Trinajstić information content (AvgIpc) is 3.30. The van der Waals surface area contributed by atoms with Gasteiger partial charge in [-0.05, 0) is 25.7 Å². The number of hydrogen-bond donors (Lipinski definition) is 4. The second kappa shape index (κ2) is 11.7. The van der Waals surface area contributed by atoms with Crippen molar-refractivity contribution in [2.75, 3.05) is 32.8 Å². The predicted octanol–water partition coefficient (Wildman–Crippen LogP) is -0.264. The molecule has 1 saturated carbocycles. The molecule has 170 valence electrons. The van der Waals surface area contributed by atoms with Crippen molar-refractivity contribution in [2.24, 2.45) is 23.7 Å². The van der Waals surface area contributed by atoms with Gasteiger partial charge in [0.15, 0.2) is 0 Å². The van der Waals surface area contributed by atoms with E-state index in [9.17, 15) is 15.0 Å². The number of carbonyl (C=O) groups is 2. The number of hydrogen-bond acceptors (Lipinski definition) is 9. The fourth-order valence-electron chi connectivity index (χ4n) is 4.51. The first-order chi connectivity index (χ1) is 14.3. The molecule has 1 aromatic rings. The van der Waals surface area contributed by atoms with Crippen LogP contribution in [0.3, 0.4) is 0 Å². The van der Waals surface area contributed by atoms with E-state index in [1.165, 1.54) is 0 Å². The summed E-state index contributed by atoms with van der Waals surface area (Å²) in [4.78, 5) is 23.4. The van der Waals surface area contributed by atoms with Gasteiger partial charge in [0.1, 0.15) is 10.0 Å². The van der Waals surface area contributed by atoms with Crippen LogP contribution in [0.1, 0.15) is 23.9 Å². The molecule has 1 aliphatic heterocycles. The number of aromatic nitrogens is 2. The first kappa shape index (κ1) is 24.6. The van der Waals surface area contributed by atoms with Crippen molar-refractivity contribution in [1.29, 1.82) is 0 Å². The number of likely N-dealkylation sites (tertiary alicyclic amines) is 1. The van der Waals surface area contributed by atoms with Crippen LogP contribution in [-0.4, -0.2) is 87.9 Å². The molecule has 3 rings (SSSR count). The molecular weight excluding hydrogens is 412 g/mol. The van der Waals surface area contributed by atoms with Gasteiger partial charge in [0.2, 0.25) is 5.91 Å². The van der Waals surface area contributed by atoms with E-state index in [1.54, 1.807) is 11.3 Å². The first-order valence-corrected chi connectivity index (χ1v) is 11.0. The summed E-state index contributed by atoms with van der Waals surface area (Å²) >= 11 is 1.56. The number of fused-ring (bicyclic) bond motifs is 1. The lowest BCUT2D eigenvalue weighted by molar-refractivity contribution is -0.146. The lowest BCUT2D eigenvalue weighted by atomic mass is 9.65. The molecule has 0 aromatic carbocycles. The summed E-state index contributed by atoms with van der Waals surface area (Å²) in [5.41, 5.74) is 0. The smallest absolute Gasteiger partial charge is 0.290 e. The fraction of sp³-hybridized carbons (Fsp3) is 0.789. The highest BCUT2D eigenvalue weighted by Gasteiger charge is 2.53. The largest absolute Gasteiger partial charge is 0.483 e. The van der Waals surface area contributed by atoms with E-state index < -0.39 is 12.2 Å². The highest BCUT2D eigenvalue weighted by molar-refractivity contribution is 7.11. The second-order valence-corrected chi connectivity index (χ2v) is 8.96. The predicted molar refractivity (Wildman–Crippen MR) is 110 cm³/mol. The van der Waals surface area contributed by atoms with Crippen LogP contribution in [0.2, 0.25) is 0 Å². The molecule has 2 heterocycles. The van der Waals surface area contributed by atoms with Crippen molar-refractivity contribution >= 4 is 23.7 Å². The molecule has 1 saturated heterocycles. The van der Waals surface area contributed by atoms with Gasteiger partial charge in [0.05, 0.1) is 25.4 Å². The minimum atomic E-state index is -0.891. The van der Waals surface area contributed by atoms with Gasteiger partial charge in [-0.1, -0.05) is 6.92 Å². The zero-order valence-electron chi connectivity index (χ0n) is 17.6. The average molecular weight is 445 g/mol. The molecule has 2 aliphatic rings. The summed E-state index contributed by atoms with van der Waals surface area (Å²) in [5.74, 6) is -0.780. The van der Waals surface area contributed by atoms with Gasteiger partial charge in [-0.3, -0.25) is 14.5 Å². The van der Waals surface area contributed by atoms with Gasteiger partial charge in [0.25, 0.3) is 6.47 Å². The van der Waals surface area contributed by atoms with Crippen molar-refractivity contribution in [3.05, 3.63) is 10.0 Å². The first-order valence-electron chi connectivity index (χ1n) is 10.1. The van der Waals surface area contributed by atoms with Crippen molar-refractivity contribution in [3.8, 4) is 0 Å². The Morgan fingerprint density at radius 2 is 1.97 bits per heavy atom. The summed E-state index contributed by atoms with van der Waals surface area (Å²) in [6, 6.07) is 0. The van der Waals surface area contributed by atoms with Crippen LogP contribution in [0.4, 0.5) is 0 Å². The van der Waals surface area contributed by atoms with Gasteiger partial charge < -0.3 is 25.4 Å². The van der Waals surface area contributed by atoms with E-state index in [1.807, 2.05) is 20.8 Å². The van der Waals surface area contributed by atoms with E-state index in [2.05, 4.69) is 20.4 Å². The number of nitrogens with zero attached hydrogens (tertiary/aromatic N) is 3. The molecule has 0 radical (unpaired) electrons. The zero-order valence-corrected chi connectivity index (χ0v) is 18.4. The Kier molecular flexibility index (Phi) is 9.56. The molecular formula is C19H32N4O6S. The van der Waals surface area contributed by atoms with Crippen LogP contribution in [0.25, 0.3) is 0 Å². The van der Waals surface area contributed by atoms with E-state index >= 15 is 0 Å². The number of nitrogens with one attached hydrogen (secondary N) is 1. The SMILES string of the molecule is CCOCCNC(=O)[C@H]1[C@@H](C)[C@H](O)[C@@H](O)[C@H]2CN(Cc3nnc(C)s3)C[C@@H]21.O=CO. The molecule has 0 bridgehead atoms. The van der Waals surface area contributed by atoms with E-state index in [-0.39, 0.29) is 36.1 Å². The number of carboxylic acid groups (broad SMARTS) is 1. The molecule has 0 unspecified atom stereocenters. The minimum absolute atomic E-state index is 0.0134. The molecule has 6 atom stereocenters. The van der Waals surface area contributed by atoms with Gasteiger partial charge in [-0.15, -0.1) is 21.5 Å². The molecule has 10 nitrogen and oxygen atoms in total. The molecule has 2 fully saturated rings. The number of carbonyl (C=O) groups excluding carboxylic acids is 1. The number of ether oxygens (including phenoxy) is 1. The van der Waals surface area contributed by atoms with E-state index in [4.69, 9.17) is 14.6 Å². The van der Waals surface area contributed by atoms with Gasteiger partial charge in [-0.2, -0.15) is 0 Å².